The lowest BCUT2D eigenvalue weighted by atomic mass is 10.1. The molecule has 0 saturated carbocycles. The van der Waals surface area contributed by atoms with Gasteiger partial charge in [-0.05, 0) is 18.2 Å². The second kappa shape index (κ2) is 5.97. The van der Waals surface area contributed by atoms with E-state index >= 15 is 0 Å². The van der Waals surface area contributed by atoms with Gasteiger partial charge in [0.25, 0.3) is 0 Å². The van der Waals surface area contributed by atoms with Crippen molar-refractivity contribution in [1.29, 1.82) is 0 Å². The van der Waals surface area contributed by atoms with Gasteiger partial charge in [0.2, 0.25) is 0 Å². The van der Waals surface area contributed by atoms with E-state index in [0.717, 1.165) is 0 Å². The number of anilines is 1. The van der Waals surface area contributed by atoms with Crippen molar-refractivity contribution >= 4 is 46.0 Å². The van der Waals surface area contributed by atoms with Gasteiger partial charge in [0, 0.05) is 12.1 Å². The van der Waals surface area contributed by atoms with Crippen LogP contribution in [0.25, 0.3) is 16.6 Å². The minimum Gasteiger partial charge on any atom is -0.465 e. The van der Waals surface area contributed by atoms with Gasteiger partial charge in [-0.15, -0.1) is 0 Å². The summed E-state index contributed by atoms with van der Waals surface area (Å²) in [5, 5.41) is 1.96. The van der Waals surface area contributed by atoms with Crippen molar-refractivity contribution in [3.63, 3.8) is 0 Å². The lowest BCUT2D eigenvalue weighted by Crippen LogP contribution is -2.43. The van der Waals surface area contributed by atoms with E-state index < -0.39 is 11.9 Å². The lowest BCUT2D eigenvalue weighted by molar-refractivity contribution is -0.138. The number of nitrogens with one attached hydrogen (secondary N) is 1. The first-order chi connectivity index (χ1) is 11.5. The molecule has 1 aromatic carbocycles. The number of methoxy groups -OCH3 is 2. The normalized spacial score (nSPS) is 13.4. The number of esters is 2. The van der Waals surface area contributed by atoms with Gasteiger partial charge in [-0.2, -0.15) is 0 Å². The first-order valence-corrected chi connectivity index (χ1v) is 7.23. The van der Waals surface area contributed by atoms with Crippen LogP contribution in [0.15, 0.2) is 23.9 Å². The molecule has 1 aliphatic rings. The summed E-state index contributed by atoms with van der Waals surface area (Å²) in [5.41, 5.74) is 3.94. The highest BCUT2D eigenvalue weighted by Gasteiger charge is 2.34. The monoisotopic (exact) mass is 348 g/mol. The maximum atomic E-state index is 12.2. The number of halogens is 1. The summed E-state index contributed by atoms with van der Waals surface area (Å²) in [6.45, 7) is 0. The molecule has 0 fully saturated rings. The van der Waals surface area contributed by atoms with Crippen LogP contribution in [0.2, 0.25) is 5.02 Å². The maximum absolute atomic E-state index is 12.2. The summed E-state index contributed by atoms with van der Waals surface area (Å²) < 4.78 is 9.51. The van der Waals surface area contributed by atoms with Crippen molar-refractivity contribution in [2.24, 2.45) is 0 Å². The average Bonchev–Trinajstić information content (AvgIpc) is 2.58. The number of ether oxygens (including phenoxy) is 2. The van der Waals surface area contributed by atoms with Crippen LogP contribution in [0.4, 0.5) is 5.82 Å². The topological polar surface area (TPSA) is 93.7 Å². The number of hydrazine groups is 1. The summed E-state index contributed by atoms with van der Waals surface area (Å²) >= 11 is 5.99. The van der Waals surface area contributed by atoms with E-state index in [1.165, 1.54) is 19.2 Å². The highest BCUT2D eigenvalue weighted by molar-refractivity contribution is 6.31. The SMILES string of the molecule is COC(=O)C1=C(C(=O)OC)c2nc3cc(Cl)ccc3nc2N(C)N1. The Hall–Kier alpha value is -2.87. The first-order valence-electron chi connectivity index (χ1n) is 6.85. The van der Waals surface area contributed by atoms with Gasteiger partial charge in [0.1, 0.15) is 11.3 Å². The second-order valence-corrected chi connectivity index (χ2v) is 5.37. The van der Waals surface area contributed by atoms with E-state index in [0.29, 0.717) is 21.9 Å². The summed E-state index contributed by atoms with van der Waals surface area (Å²) in [6, 6.07) is 5.03. The number of carbonyl (C=O) groups excluding carboxylic acids is 2. The fourth-order valence-electron chi connectivity index (χ4n) is 2.37. The van der Waals surface area contributed by atoms with Gasteiger partial charge in [-0.1, -0.05) is 11.6 Å². The van der Waals surface area contributed by atoms with E-state index in [-0.39, 0.29) is 17.0 Å². The van der Waals surface area contributed by atoms with Crippen LogP contribution >= 0.6 is 11.6 Å². The molecule has 9 heteroatoms. The van der Waals surface area contributed by atoms with Gasteiger partial charge in [0.05, 0.1) is 25.3 Å². The number of aromatic nitrogens is 2. The van der Waals surface area contributed by atoms with Crippen molar-refractivity contribution < 1.29 is 19.1 Å². The van der Waals surface area contributed by atoms with E-state index in [2.05, 4.69) is 15.4 Å². The Balaban J connectivity index is 2.33. The van der Waals surface area contributed by atoms with Crippen molar-refractivity contribution in [1.82, 2.24) is 15.4 Å². The molecule has 1 N–H and O–H groups in total. The molecule has 1 aromatic heterocycles. The molecular formula is C15H13ClN4O4. The molecular weight excluding hydrogens is 336 g/mol. The number of fused-ring (bicyclic) bond motifs is 2. The molecule has 0 unspecified atom stereocenters. The van der Waals surface area contributed by atoms with Gasteiger partial charge >= 0.3 is 11.9 Å². The number of rotatable bonds is 2. The highest BCUT2D eigenvalue weighted by atomic mass is 35.5. The molecule has 0 radical (unpaired) electrons. The minimum absolute atomic E-state index is 0.0492. The zero-order valence-electron chi connectivity index (χ0n) is 13.1. The van der Waals surface area contributed by atoms with E-state index in [4.69, 9.17) is 21.1 Å². The van der Waals surface area contributed by atoms with Gasteiger partial charge in [-0.25, -0.2) is 19.6 Å². The van der Waals surface area contributed by atoms with Crippen molar-refractivity contribution in [3.8, 4) is 0 Å². The van der Waals surface area contributed by atoms with Crippen molar-refractivity contribution in [2.45, 2.75) is 0 Å². The fraction of sp³-hybridized carbons (Fsp3) is 0.200. The van der Waals surface area contributed by atoms with Crippen LogP contribution in [0, 0.1) is 0 Å². The molecule has 0 saturated heterocycles. The van der Waals surface area contributed by atoms with Crippen molar-refractivity contribution in [2.75, 3.05) is 26.3 Å². The van der Waals surface area contributed by atoms with Crippen molar-refractivity contribution in [3.05, 3.63) is 34.6 Å². The standard InChI is InChI=1S/C15H13ClN4O4/c1-20-13-11(17-9-6-7(16)4-5-8(9)18-13)10(14(21)23-2)12(19-20)15(22)24-3/h4-6,19H,1-3H3. The number of nitrogens with zero attached hydrogens (tertiary/aromatic N) is 3. The number of hydrogen-bond donors (Lipinski definition) is 1. The smallest absolute Gasteiger partial charge is 0.356 e. The molecule has 2 aromatic rings. The van der Waals surface area contributed by atoms with Crippen LogP contribution in [0.1, 0.15) is 5.69 Å². The second-order valence-electron chi connectivity index (χ2n) is 4.93. The summed E-state index contributed by atoms with van der Waals surface area (Å²) in [4.78, 5) is 33.2. The van der Waals surface area contributed by atoms with Crippen LogP contribution < -0.4 is 10.4 Å². The van der Waals surface area contributed by atoms with Crippen LogP contribution in [-0.4, -0.2) is 43.2 Å². The quantitative estimate of drug-likeness (QED) is 0.811. The van der Waals surface area contributed by atoms with Crippen LogP contribution in [-0.2, 0) is 19.1 Å². The third-order valence-corrected chi connectivity index (χ3v) is 3.71. The average molecular weight is 349 g/mol. The molecule has 3 rings (SSSR count). The molecule has 0 bridgehead atoms. The van der Waals surface area contributed by atoms with Gasteiger partial charge in [-0.3, -0.25) is 10.4 Å². The van der Waals surface area contributed by atoms with E-state index in [9.17, 15) is 9.59 Å². The van der Waals surface area contributed by atoms with E-state index in [1.54, 1.807) is 25.2 Å². The minimum atomic E-state index is -0.729. The zero-order valence-corrected chi connectivity index (χ0v) is 13.8. The predicted molar refractivity (Wildman–Crippen MR) is 87.0 cm³/mol. The third kappa shape index (κ3) is 2.50. The Morgan fingerprint density at radius 1 is 1.12 bits per heavy atom. The zero-order chi connectivity index (χ0) is 17.4. The Bertz CT molecular complexity index is 896. The third-order valence-electron chi connectivity index (χ3n) is 3.47. The predicted octanol–water partition coefficient (Wildman–Crippen LogP) is 1.29. The molecule has 24 heavy (non-hydrogen) atoms. The molecule has 124 valence electrons. The molecule has 2 heterocycles. The highest BCUT2D eigenvalue weighted by Crippen LogP contribution is 2.32. The first kappa shape index (κ1) is 16.0. The maximum Gasteiger partial charge on any atom is 0.356 e. The fourth-order valence-corrected chi connectivity index (χ4v) is 2.53. The number of hydrogen-bond acceptors (Lipinski definition) is 8. The molecule has 0 amide bonds. The Morgan fingerprint density at radius 3 is 2.50 bits per heavy atom. The Kier molecular flexibility index (Phi) is 3.98. The van der Waals surface area contributed by atoms with Crippen LogP contribution in [0.3, 0.4) is 0 Å². The number of carbonyl (C=O) groups is 2. The number of benzene rings is 1. The van der Waals surface area contributed by atoms with Crippen LogP contribution in [0.5, 0.6) is 0 Å². The molecule has 0 spiro atoms. The van der Waals surface area contributed by atoms with E-state index in [1.807, 2.05) is 0 Å². The largest absolute Gasteiger partial charge is 0.465 e. The van der Waals surface area contributed by atoms with Gasteiger partial charge in [0.15, 0.2) is 11.5 Å². The lowest BCUT2D eigenvalue weighted by Gasteiger charge is -2.29. The molecule has 1 aliphatic heterocycles. The summed E-state index contributed by atoms with van der Waals surface area (Å²) in [5.74, 6) is -1.08. The Labute approximate surface area is 142 Å². The van der Waals surface area contributed by atoms with Gasteiger partial charge < -0.3 is 9.47 Å². The molecule has 0 atom stereocenters. The summed E-state index contributed by atoms with van der Waals surface area (Å²) in [6.07, 6.45) is 0. The Morgan fingerprint density at radius 2 is 1.83 bits per heavy atom. The molecule has 0 aliphatic carbocycles. The molecule has 8 nitrogen and oxygen atoms in total. The summed E-state index contributed by atoms with van der Waals surface area (Å²) in [7, 11) is 4.08.